The number of rotatable bonds is 4. The molecule has 0 fully saturated rings. The van der Waals surface area contributed by atoms with Gasteiger partial charge in [0.25, 0.3) is 0 Å². The van der Waals surface area contributed by atoms with Crippen molar-refractivity contribution in [2.45, 2.75) is 46.3 Å². The molecule has 2 N–H and O–H groups in total. The summed E-state index contributed by atoms with van der Waals surface area (Å²) in [6, 6.07) is 8.32. The Morgan fingerprint density at radius 1 is 1.10 bits per heavy atom. The summed E-state index contributed by atoms with van der Waals surface area (Å²) in [5.74, 6) is -0.993. The van der Waals surface area contributed by atoms with Crippen LogP contribution in [0, 0.1) is 5.41 Å². The lowest BCUT2D eigenvalue weighted by atomic mass is 9.80. The molecule has 0 saturated heterocycles. The van der Waals surface area contributed by atoms with Crippen LogP contribution in [0.25, 0.3) is 0 Å². The van der Waals surface area contributed by atoms with E-state index in [4.69, 9.17) is 4.74 Å². The zero-order valence-electron chi connectivity index (χ0n) is 13.1. The Hall–Kier alpha value is -2.04. The van der Waals surface area contributed by atoms with Crippen molar-refractivity contribution >= 4 is 12.1 Å². The van der Waals surface area contributed by atoms with Crippen molar-refractivity contribution in [2.75, 3.05) is 0 Å². The fourth-order valence-electron chi connectivity index (χ4n) is 1.87. The van der Waals surface area contributed by atoms with Gasteiger partial charge in [-0.2, -0.15) is 0 Å². The van der Waals surface area contributed by atoms with Crippen molar-refractivity contribution in [2.24, 2.45) is 5.41 Å². The number of aliphatic carboxylic acids is 1. The van der Waals surface area contributed by atoms with E-state index in [1.165, 1.54) is 0 Å². The molecule has 0 aliphatic carbocycles. The summed E-state index contributed by atoms with van der Waals surface area (Å²) < 4.78 is 5.22. The highest BCUT2D eigenvalue weighted by atomic mass is 16.6. The van der Waals surface area contributed by atoms with E-state index in [0.717, 1.165) is 5.56 Å². The molecule has 5 heteroatoms. The third kappa shape index (κ3) is 4.77. The fourth-order valence-corrected chi connectivity index (χ4v) is 1.87. The van der Waals surface area contributed by atoms with Crippen LogP contribution < -0.4 is 5.32 Å². The van der Waals surface area contributed by atoms with Crippen molar-refractivity contribution < 1.29 is 19.4 Å². The Kier molecular flexibility index (Phi) is 4.99. The van der Waals surface area contributed by atoms with Gasteiger partial charge >= 0.3 is 12.1 Å². The molecule has 0 radical (unpaired) electrons. The maximum absolute atomic E-state index is 12.0. The topological polar surface area (TPSA) is 75.6 Å². The molecule has 1 rings (SSSR count). The standard InChI is InChI=1S/C16H23NO4/c1-15(2,3)21-14(20)17-12(16(4,5)13(18)19)11-9-7-6-8-10-11/h6-10,12H,1-5H3,(H,17,20)(H,18,19)/t12-/m1/s1. The van der Waals surface area contributed by atoms with Crippen molar-refractivity contribution in [3.05, 3.63) is 35.9 Å². The lowest BCUT2D eigenvalue weighted by Crippen LogP contribution is -2.44. The number of hydrogen-bond donors (Lipinski definition) is 2. The molecule has 1 atom stereocenters. The van der Waals surface area contributed by atoms with Gasteiger partial charge in [0.15, 0.2) is 0 Å². The molecular formula is C16H23NO4. The van der Waals surface area contributed by atoms with Gasteiger partial charge in [0.2, 0.25) is 0 Å². The summed E-state index contributed by atoms with van der Waals surface area (Å²) >= 11 is 0. The molecule has 0 heterocycles. The summed E-state index contributed by atoms with van der Waals surface area (Å²) in [4.78, 5) is 23.5. The van der Waals surface area contributed by atoms with Crippen molar-refractivity contribution in [3.63, 3.8) is 0 Å². The first-order chi connectivity index (χ1) is 9.54. The average Bonchev–Trinajstić information content (AvgIpc) is 2.34. The quantitative estimate of drug-likeness (QED) is 0.892. The van der Waals surface area contributed by atoms with Crippen LogP contribution in [0.2, 0.25) is 0 Å². The van der Waals surface area contributed by atoms with Crippen LogP contribution in [0.15, 0.2) is 30.3 Å². The van der Waals surface area contributed by atoms with E-state index in [1.807, 2.05) is 6.07 Å². The number of carbonyl (C=O) groups excluding carboxylic acids is 1. The van der Waals surface area contributed by atoms with Gasteiger partial charge in [0, 0.05) is 0 Å². The second kappa shape index (κ2) is 6.16. The Morgan fingerprint density at radius 2 is 1.62 bits per heavy atom. The van der Waals surface area contributed by atoms with Crippen LogP contribution in [-0.2, 0) is 9.53 Å². The summed E-state index contributed by atoms with van der Waals surface area (Å²) in [6.45, 7) is 8.42. The molecule has 21 heavy (non-hydrogen) atoms. The third-order valence-corrected chi connectivity index (χ3v) is 3.07. The van der Waals surface area contributed by atoms with E-state index in [9.17, 15) is 14.7 Å². The second-order valence-corrected chi connectivity index (χ2v) is 6.52. The first kappa shape index (κ1) is 17.0. The smallest absolute Gasteiger partial charge is 0.408 e. The van der Waals surface area contributed by atoms with E-state index in [1.54, 1.807) is 58.9 Å². The minimum atomic E-state index is -1.17. The lowest BCUT2D eigenvalue weighted by molar-refractivity contribution is -0.148. The van der Waals surface area contributed by atoms with E-state index < -0.39 is 29.1 Å². The first-order valence-electron chi connectivity index (χ1n) is 6.82. The maximum Gasteiger partial charge on any atom is 0.408 e. The van der Waals surface area contributed by atoms with Gasteiger partial charge in [0.05, 0.1) is 11.5 Å². The zero-order valence-corrected chi connectivity index (χ0v) is 13.1. The summed E-state index contributed by atoms with van der Waals surface area (Å²) in [7, 11) is 0. The highest BCUT2D eigenvalue weighted by Crippen LogP contribution is 2.33. The van der Waals surface area contributed by atoms with Crippen LogP contribution in [0.1, 0.15) is 46.2 Å². The molecule has 1 aromatic rings. The van der Waals surface area contributed by atoms with Gasteiger partial charge < -0.3 is 15.2 Å². The zero-order chi connectivity index (χ0) is 16.3. The Morgan fingerprint density at radius 3 is 2.05 bits per heavy atom. The Labute approximate surface area is 125 Å². The number of carboxylic acid groups (broad SMARTS) is 1. The van der Waals surface area contributed by atoms with E-state index in [2.05, 4.69) is 5.32 Å². The molecule has 0 saturated carbocycles. The predicted octanol–water partition coefficient (Wildman–Crippen LogP) is 3.36. The number of carbonyl (C=O) groups is 2. The molecule has 5 nitrogen and oxygen atoms in total. The van der Waals surface area contributed by atoms with E-state index in [-0.39, 0.29) is 0 Å². The van der Waals surface area contributed by atoms with Crippen LogP contribution in [-0.4, -0.2) is 22.8 Å². The summed E-state index contributed by atoms with van der Waals surface area (Å²) in [5.41, 5.74) is -1.09. The fraction of sp³-hybridized carbons (Fsp3) is 0.500. The van der Waals surface area contributed by atoms with E-state index in [0.29, 0.717) is 0 Å². The van der Waals surface area contributed by atoms with Gasteiger partial charge in [-0.05, 0) is 40.2 Å². The minimum Gasteiger partial charge on any atom is -0.481 e. The largest absolute Gasteiger partial charge is 0.481 e. The molecule has 0 spiro atoms. The van der Waals surface area contributed by atoms with Crippen LogP contribution in [0.3, 0.4) is 0 Å². The molecule has 0 bridgehead atoms. The maximum atomic E-state index is 12.0. The average molecular weight is 293 g/mol. The van der Waals surface area contributed by atoms with E-state index >= 15 is 0 Å². The number of ether oxygens (including phenoxy) is 1. The molecule has 0 aliphatic heterocycles. The van der Waals surface area contributed by atoms with Crippen LogP contribution >= 0.6 is 0 Å². The van der Waals surface area contributed by atoms with Crippen LogP contribution in [0.5, 0.6) is 0 Å². The highest BCUT2D eigenvalue weighted by molar-refractivity contribution is 5.77. The molecule has 0 aromatic heterocycles. The number of nitrogens with one attached hydrogen (secondary N) is 1. The predicted molar refractivity (Wildman–Crippen MR) is 80.0 cm³/mol. The monoisotopic (exact) mass is 293 g/mol. The second-order valence-electron chi connectivity index (χ2n) is 6.52. The molecule has 0 aliphatic rings. The number of amides is 1. The number of benzene rings is 1. The van der Waals surface area contributed by atoms with Gasteiger partial charge in [-0.15, -0.1) is 0 Å². The van der Waals surface area contributed by atoms with Gasteiger partial charge in [-0.1, -0.05) is 30.3 Å². The van der Waals surface area contributed by atoms with Crippen molar-refractivity contribution in [1.29, 1.82) is 0 Å². The minimum absolute atomic E-state index is 0.634. The van der Waals surface area contributed by atoms with Gasteiger partial charge in [-0.25, -0.2) is 4.79 Å². The molecular weight excluding hydrogens is 270 g/mol. The van der Waals surface area contributed by atoms with Gasteiger partial charge in [0.1, 0.15) is 5.60 Å². The molecule has 1 amide bonds. The SMILES string of the molecule is CC(C)(C)OC(=O)N[C@H](c1ccccc1)C(C)(C)C(=O)O. The van der Waals surface area contributed by atoms with Crippen molar-refractivity contribution in [3.8, 4) is 0 Å². The number of alkyl carbamates (subject to hydrolysis) is 1. The summed E-state index contributed by atoms with van der Waals surface area (Å²) in [5, 5.41) is 12.1. The Balaban J connectivity index is 3.05. The lowest BCUT2D eigenvalue weighted by Gasteiger charge is -2.32. The normalized spacial score (nSPS) is 13.4. The first-order valence-corrected chi connectivity index (χ1v) is 6.82. The Bertz CT molecular complexity index is 503. The number of hydrogen-bond acceptors (Lipinski definition) is 3. The van der Waals surface area contributed by atoms with Crippen molar-refractivity contribution in [1.82, 2.24) is 5.32 Å². The summed E-state index contributed by atoms with van der Waals surface area (Å²) in [6.07, 6.45) is -0.634. The molecule has 116 valence electrons. The molecule has 1 aromatic carbocycles. The number of carboxylic acids is 1. The third-order valence-electron chi connectivity index (χ3n) is 3.07. The van der Waals surface area contributed by atoms with Gasteiger partial charge in [-0.3, -0.25) is 4.79 Å². The highest BCUT2D eigenvalue weighted by Gasteiger charge is 2.39. The van der Waals surface area contributed by atoms with Crippen LogP contribution in [0.4, 0.5) is 4.79 Å². The molecule has 0 unspecified atom stereocenters.